The number of likely N-dealkylation sites (tertiary alicyclic amines) is 1. The normalized spacial score (nSPS) is 21.7. The van der Waals surface area contributed by atoms with Gasteiger partial charge in [-0.3, -0.25) is 4.79 Å². The van der Waals surface area contributed by atoms with Gasteiger partial charge in [0.15, 0.2) is 0 Å². The number of amides is 1. The summed E-state index contributed by atoms with van der Waals surface area (Å²) in [5.41, 5.74) is 5.87. The molecular formula is C15H30N2O2. The van der Waals surface area contributed by atoms with Crippen molar-refractivity contribution in [2.45, 2.75) is 58.9 Å². The van der Waals surface area contributed by atoms with Crippen molar-refractivity contribution in [2.24, 2.45) is 17.1 Å². The lowest BCUT2D eigenvalue weighted by Crippen LogP contribution is -2.38. The summed E-state index contributed by atoms with van der Waals surface area (Å²) < 4.78 is 0. The average Bonchev–Trinajstić information content (AvgIpc) is 2.80. The standard InChI is InChI=1S/C15H30N2O2/c1-15(2,3)12(8-9-16)6-7-14(19)17-10-4-5-13(17)11-18/h12-13,18H,4-11,16H2,1-3H3/t12?,13-/m1/s1. The molecule has 1 heterocycles. The molecule has 1 unspecified atom stereocenters. The van der Waals surface area contributed by atoms with Crippen molar-refractivity contribution in [3.8, 4) is 0 Å². The maximum absolute atomic E-state index is 12.2. The van der Waals surface area contributed by atoms with Crippen molar-refractivity contribution < 1.29 is 9.90 Å². The summed E-state index contributed by atoms with van der Waals surface area (Å²) in [6.07, 6.45) is 4.41. The Bertz CT molecular complexity index is 286. The summed E-state index contributed by atoms with van der Waals surface area (Å²) in [4.78, 5) is 14.1. The Morgan fingerprint density at radius 1 is 1.42 bits per heavy atom. The maximum atomic E-state index is 12.2. The van der Waals surface area contributed by atoms with Gasteiger partial charge >= 0.3 is 0 Å². The van der Waals surface area contributed by atoms with E-state index in [4.69, 9.17) is 5.73 Å². The van der Waals surface area contributed by atoms with Gasteiger partial charge in [-0.15, -0.1) is 0 Å². The zero-order valence-corrected chi connectivity index (χ0v) is 12.7. The first kappa shape index (κ1) is 16.4. The molecule has 4 heteroatoms. The highest BCUT2D eigenvalue weighted by atomic mass is 16.3. The Morgan fingerprint density at radius 3 is 2.63 bits per heavy atom. The first-order chi connectivity index (χ1) is 8.90. The SMILES string of the molecule is CC(C)(C)C(CCN)CCC(=O)N1CCC[C@@H]1CO. The highest BCUT2D eigenvalue weighted by Gasteiger charge is 2.30. The number of nitrogens with two attached hydrogens (primary N) is 1. The number of carbonyl (C=O) groups excluding carboxylic acids is 1. The summed E-state index contributed by atoms with van der Waals surface area (Å²) in [6, 6.07) is 0.0510. The maximum Gasteiger partial charge on any atom is 0.222 e. The van der Waals surface area contributed by atoms with Gasteiger partial charge < -0.3 is 15.7 Å². The Kier molecular flexibility index (Phi) is 6.27. The predicted molar refractivity (Wildman–Crippen MR) is 77.7 cm³/mol. The van der Waals surface area contributed by atoms with Gasteiger partial charge in [-0.05, 0) is 43.6 Å². The van der Waals surface area contributed by atoms with Crippen LogP contribution in [0.1, 0.15) is 52.9 Å². The molecule has 0 bridgehead atoms. The quantitative estimate of drug-likeness (QED) is 0.773. The highest BCUT2D eigenvalue weighted by Crippen LogP contribution is 2.32. The molecule has 1 fully saturated rings. The van der Waals surface area contributed by atoms with E-state index in [1.807, 2.05) is 4.90 Å². The molecule has 0 radical (unpaired) electrons. The zero-order chi connectivity index (χ0) is 14.5. The first-order valence-corrected chi connectivity index (χ1v) is 7.50. The third-order valence-corrected chi connectivity index (χ3v) is 4.35. The van der Waals surface area contributed by atoms with Crippen LogP contribution in [0, 0.1) is 11.3 Å². The van der Waals surface area contributed by atoms with Gasteiger partial charge in [-0.2, -0.15) is 0 Å². The lowest BCUT2D eigenvalue weighted by molar-refractivity contribution is -0.133. The summed E-state index contributed by atoms with van der Waals surface area (Å²) in [7, 11) is 0. The summed E-state index contributed by atoms with van der Waals surface area (Å²) in [6.45, 7) is 8.22. The summed E-state index contributed by atoms with van der Waals surface area (Å²) in [5.74, 6) is 0.680. The van der Waals surface area contributed by atoms with Gasteiger partial charge in [-0.25, -0.2) is 0 Å². The number of carbonyl (C=O) groups is 1. The smallest absolute Gasteiger partial charge is 0.222 e. The van der Waals surface area contributed by atoms with Crippen LogP contribution in [0.25, 0.3) is 0 Å². The van der Waals surface area contributed by atoms with E-state index in [1.165, 1.54) is 0 Å². The van der Waals surface area contributed by atoms with Crippen molar-refractivity contribution in [3.63, 3.8) is 0 Å². The molecule has 1 aliphatic rings. The molecule has 0 aromatic rings. The third-order valence-electron chi connectivity index (χ3n) is 4.35. The fraction of sp³-hybridized carbons (Fsp3) is 0.933. The minimum absolute atomic E-state index is 0.0510. The van der Waals surface area contributed by atoms with Crippen LogP contribution in [0.2, 0.25) is 0 Å². The molecule has 1 saturated heterocycles. The number of rotatable bonds is 6. The van der Waals surface area contributed by atoms with E-state index in [0.29, 0.717) is 18.9 Å². The van der Waals surface area contributed by atoms with E-state index >= 15 is 0 Å². The Balaban J connectivity index is 2.47. The topological polar surface area (TPSA) is 66.6 Å². The molecule has 4 nitrogen and oxygen atoms in total. The molecule has 3 N–H and O–H groups in total. The van der Waals surface area contributed by atoms with Gasteiger partial charge in [0, 0.05) is 13.0 Å². The first-order valence-electron chi connectivity index (χ1n) is 7.50. The van der Waals surface area contributed by atoms with Crippen LogP contribution in [0.4, 0.5) is 0 Å². The summed E-state index contributed by atoms with van der Waals surface area (Å²) >= 11 is 0. The van der Waals surface area contributed by atoms with E-state index in [0.717, 1.165) is 32.2 Å². The fourth-order valence-electron chi connectivity index (χ4n) is 3.01. The van der Waals surface area contributed by atoms with Gasteiger partial charge in [0.25, 0.3) is 0 Å². The van der Waals surface area contributed by atoms with Gasteiger partial charge in [-0.1, -0.05) is 20.8 Å². The van der Waals surface area contributed by atoms with E-state index in [9.17, 15) is 9.90 Å². The molecule has 19 heavy (non-hydrogen) atoms. The van der Waals surface area contributed by atoms with Crippen LogP contribution in [-0.4, -0.2) is 41.7 Å². The summed E-state index contributed by atoms with van der Waals surface area (Å²) in [5, 5.41) is 9.27. The molecular weight excluding hydrogens is 240 g/mol. The van der Waals surface area contributed by atoms with Crippen LogP contribution >= 0.6 is 0 Å². The predicted octanol–water partition coefficient (Wildman–Crippen LogP) is 1.76. The monoisotopic (exact) mass is 270 g/mol. The number of aliphatic hydroxyl groups is 1. The second-order valence-corrected chi connectivity index (χ2v) is 6.74. The van der Waals surface area contributed by atoms with Crippen molar-refractivity contribution in [2.75, 3.05) is 19.7 Å². The third kappa shape index (κ3) is 4.77. The molecule has 0 aliphatic carbocycles. The van der Waals surface area contributed by atoms with Crippen molar-refractivity contribution in [3.05, 3.63) is 0 Å². The Hall–Kier alpha value is -0.610. The second-order valence-electron chi connectivity index (χ2n) is 6.74. The average molecular weight is 270 g/mol. The van der Waals surface area contributed by atoms with Gasteiger partial charge in [0.05, 0.1) is 12.6 Å². The number of hydrogen-bond donors (Lipinski definition) is 2. The Labute approximate surface area is 117 Å². The largest absolute Gasteiger partial charge is 0.394 e. The molecule has 0 aromatic heterocycles. The molecule has 0 aromatic carbocycles. The molecule has 0 saturated carbocycles. The zero-order valence-electron chi connectivity index (χ0n) is 12.7. The van der Waals surface area contributed by atoms with Gasteiger partial charge in [0.1, 0.15) is 0 Å². The molecule has 2 atom stereocenters. The van der Waals surface area contributed by atoms with Crippen LogP contribution < -0.4 is 5.73 Å². The molecule has 1 aliphatic heterocycles. The molecule has 1 amide bonds. The van der Waals surface area contributed by atoms with Crippen LogP contribution in [-0.2, 0) is 4.79 Å². The van der Waals surface area contributed by atoms with Crippen LogP contribution in [0.3, 0.4) is 0 Å². The minimum atomic E-state index is 0.0510. The minimum Gasteiger partial charge on any atom is -0.394 e. The second kappa shape index (κ2) is 7.25. The van der Waals surface area contributed by atoms with Crippen LogP contribution in [0.15, 0.2) is 0 Å². The lowest BCUT2D eigenvalue weighted by atomic mass is 9.76. The van der Waals surface area contributed by atoms with Crippen molar-refractivity contribution in [1.82, 2.24) is 4.90 Å². The van der Waals surface area contributed by atoms with Crippen molar-refractivity contribution in [1.29, 1.82) is 0 Å². The van der Waals surface area contributed by atoms with E-state index in [1.54, 1.807) is 0 Å². The van der Waals surface area contributed by atoms with Gasteiger partial charge in [0.2, 0.25) is 5.91 Å². The molecule has 1 rings (SSSR count). The van der Waals surface area contributed by atoms with Crippen molar-refractivity contribution >= 4 is 5.91 Å². The van der Waals surface area contributed by atoms with E-state index in [2.05, 4.69) is 20.8 Å². The van der Waals surface area contributed by atoms with Crippen LogP contribution in [0.5, 0.6) is 0 Å². The van der Waals surface area contributed by atoms with E-state index in [-0.39, 0.29) is 24.0 Å². The number of hydrogen-bond acceptors (Lipinski definition) is 3. The number of aliphatic hydroxyl groups excluding tert-OH is 1. The fourth-order valence-corrected chi connectivity index (χ4v) is 3.01. The number of nitrogens with zero attached hydrogens (tertiary/aromatic N) is 1. The molecule has 0 spiro atoms. The van der Waals surface area contributed by atoms with E-state index < -0.39 is 0 Å². The molecule has 112 valence electrons. The highest BCUT2D eigenvalue weighted by molar-refractivity contribution is 5.76. The Morgan fingerprint density at radius 2 is 2.11 bits per heavy atom. The lowest BCUT2D eigenvalue weighted by Gasteiger charge is -2.31.